The van der Waals surface area contributed by atoms with Gasteiger partial charge in [0, 0.05) is 6.42 Å². The lowest BCUT2D eigenvalue weighted by Gasteiger charge is -2.27. The van der Waals surface area contributed by atoms with Gasteiger partial charge in [-0.3, -0.25) is 29.4 Å². The van der Waals surface area contributed by atoms with Crippen molar-refractivity contribution in [3.05, 3.63) is 34.9 Å². The molecule has 3 heterocycles. The van der Waals surface area contributed by atoms with Gasteiger partial charge in [0.25, 0.3) is 11.8 Å². The number of fused-ring (bicyclic) bond motifs is 1. The Hall–Kier alpha value is -2.54. The van der Waals surface area contributed by atoms with Crippen LogP contribution in [0.5, 0.6) is 0 Å². The molecule has 0 radical (unpaired) electrons. The van der Waals surface area contributed by atoms with Crippen molar-refractivity contribution in [3.8, 4) is 0 Å². The predicted octanol–water partition coefficient (Wildman–Crippen LogP) is 0.555. The highest BCUT2D eigenvalue weighted by molar-refractivity contribution is 6.23. The van der Waals surface area contributed by atoms with Crippen LogP contribution in [0.15, 0.2) is 18.2 Å². The minimum atomic E-state index is -0.910. The van der Waals surface area contributed by atoms with E-state index in [1.165, 1.54) is 0 Å². The van der Waals surface area contributed by atoms with Crippen LogP contribution >= 0.6 is 0 Å². The number of imide groups is 2. The number of carbonyl (C=O) groups excluding carboxylic acids is 4. The minimum absolute atomic E-state index is 0.129. The Morgan fingerprint density at radius 2 is 1.64 bits per heavy atom. The fraction of sp³-hybridized carbons (Fsp3) is 0.444. The lowest BCUT2D eigenvalue weighted by molar-refractivity contribution is -0.136. The summed E-state index contributed by atoms with van der Waals surface area (Å²) < 4.78 is 0. The van der Waals surface area contributed by atoms with Crippen molar-refractivity contribution in [2.24, 2.45) is 0 Å². The van der Waals surface area contributed by atoms with Crippen LogP contribution < -0.4 is 10.6 Å². The summed E-state index contributed by atoms with van der Waals surface area (Å²) in [5.41, 5.74) is 1.77. The lowest BCUT2D eigenvalue weighted by Crippen LogP contribution is -2.54. The molecule has 1 aromatic rings. The molecule has 0 aliphatic carbocycles. The second kappa shape index (κ2) is 6.07. The molecular weight excluding hydrogens is 322 g/mol. The second-order valence-electron chi connectivity index (χ2n) is 6.78. The van der Waals surface area contributed by atoms with Crippen molar-refractivity contribution in [1.82, 2.24) is 15.5 Å². The summed E-state index contributed by atoms with van der Waals surface area (Å²) in [5, 5.41) is 5.52. The van der Waals surface area contributed by atoms with Gasteiger partial charge in [-0.15, -0.1) is 0 Å². The van der Waals surface area contributed by atoms with Crippen LogP contribution in [0.25, 0.3) is 0 Å². The zero-order chi connectivity index (χ0) is 17.6. The largest absolute Gasteiger partial charge is 0.317 e. The topological polar surface area (TPSA) is 95.6 Å². The summed E-state index contributed by atoms with van der Waals surface area (Å²) in [5.74, 6) is -1.47. The monoisotopic (exact) mass is 341 g/mol. The standard InChI is InChI=1S/C18H19N3O4/c22-15-4-3-14(16(23)20-15)21-17(24)12-2-1-11(9-13(12)18(21)25)10-5-7-19-8-6-10/h1-2,9-10,14,19H,3-8H2,(H,20,22,23). The van der Waals surface area contributed by atoms with Gasteiger partial charge in [-0.25, -0.2) is 0 Å². The van der Waals surface area contributed by atoms with E-state index in [1.807, 2.05) is 6.07 Å². The quantitative estimate of drug-likeness (QED) is 0.766. The smallest absolute Gasteiger partial charge is 0.262 e. The van der Waals surface area contributed by atoms with Crippen molar-refractivity contribution in [1.29, 1.82) is 0 Å². The molecule has 1 unspecified atom stereocenters. The van der Waals surface area contributed by atoms with Gasteiger partial charge in [-0.1, -0.05) is 6.07 Å². The Labute approximate surface area is 144 Å². The van der Waals surface area contributed by atoms with E-state index in [9.17, 15) is 19.2 Å². The number of benzene rings is 1. The first-order valence-electron chi connectivity index (χ1n) is 8.62. The van der Waals surface area contributed by atoms with Crippen LogP contribution in [-0.4, -0.2) is 47.7 Å². The average molecular weight is 341 g/mol. The molecular formula is C18H19N3O4. The van der Waals surface area contributed by atoms with Gasteiger partial charge < -0.3 is 5.32 Å². The molecule has 2 N–H and O–H groups in total. The molecule has 7 heteroatoms. The van der Waals surface area contributed by atoms with E-state index in [1.54, 1.807) is 12.1 Å². The van der Waals surface area contributed by atoms with Gasteiger partial charge in [-0.2, -0.15) is 0 Å². The van der Waals surface area contributed by atoms with Gasteiger partial charge >= 0.3 is 0 Å². The van der Waals surface area contributed by atoms with Gasteiger partial charge in [0.2, 0.25) is 11.8 Å². The Morgan fingerprint density at radius 3 is 2.36 bits per heavy atom. The number of nitrogens with one attached hydrogen (secondary N) is 2. The highest BCUT2D eigenvalue weighted by Gasteiger charge is 2.44. The van der Waals surface area contributed by atoms with E-state index >= 15 is 0 Å². The summed E-state index contributed by atoms with van der Waals surface area (Å²) >= 11 is 0. The zero-order valence-corrected chi connectivity index (χ0v) is 13.7. The fourth-order valence-electron chi connectivity index (χ4n) is 3.90. The van der Waals surface area contributed by atoms with E-state index in [2.05, 4.69) is 10.6 Å². The Balaban J connectivity index is 1.63. The number of hydrogen-bond acceptors (Lipinski definition) is 5. The maximum absolute atomic E-state index is 12.8. The molecule has 4 amide bonds. The third kappa shape index (κ3) is 2.64. The number of nitrogens with zero attached hydrogens (tertiary/aromatic N) is 1. The minimum Gasteiger partial charge on any atom is -0.317 e. The SMILES string of the molecule is O=C1CCC(N2C(=O)c3ccc(C4CCNCC4)cc3C2=O)C(=O)N1. The predicted molar refractivity (Wildman–Crippen MR) is 88.0 cm³/mol. The Morgan fingerprint density at radius 1 is 0.920 bits per heavy atom. The van der Waals surface area contributed by atoms with Crippen molar-refractivity contribution >= 4 is 23.6 Å². The first-order valence-corrected chi connectivity index (χ1v) is 8.62. The van der Waals surface area contributed by atoms with Crippen LogP contribution in [-0.2, 0) is 9.59 Å². The third-order valence-electron chi connectivity index (χ3n) is 5.27. The first kappa shape index (κ1) is 16.0. The number of rotatable bonds is 2. The fourth-order valence-corrected chi connectivity index (χ4v) is 3.90. The van der Waals surface area contributed by atoms with E-state index in [4.69, 9.17) is 0 Å². The molecule has 0 bridgehead atoms. The van der Waals surface area contributed by atoms with Crippen LogP contribution in [0, 0.1) is 0 Å². The van der Waals surface area contributed by atoms with E-state index in [-0.39, 0.29) is 18.7 Å². The molecule has 4 rings (SSSR count). The average Bonchev–Trinajstić information content (AvgIpc) is 2.87. The van der Waals surface area contributed by atoms with Crippen molar-refractivity contribution in [3.63, 3.8) is 0 Å². The maximum atomic E-state index is 12.8. The summed E-state index contributed by atoms with van der Waals surface area (Å²) in [4.78, 5) is 49.8. The molecule has 130 valence electrons. The van der Waals surface area contributed by atoms with E-state index in [0.29, 0.717) is 17.0 Å². The Bertz CT molecular complexity index is 783. The normalized spacial score (nSPS) is 24.5. The molecule has 0 aromatic heterocycles. The molecule has 3 aliphatic heterocycles. The number of amides is 4. The zero-order valence-electron chi connectivity index (χ0n) is 13.7. The van der Waals surface area contributed by atoms with Crippen LogP contribution in [0.1, 0.15) is 57.9 Å². The molecule has 0 saturated carbocycles. The van der Waals surface area contributed by atoms with Crippen molar-refractivity contribution < 1.29 is 19.2 Å². The maximum Gasteiger partial charge on any atom is 0.262 e. The van der Waals surface area contributed by atoms with Gasteiger partial charge in [0.1, 0.15) is 6.04 Å². The first-order chi connectivity index (χ1) is 12.1. The number of piperidine rings is 2. The second-order valence-corrected chi connectivity index (χ2v) is 6.78. The summed E-state index contributed by atoms with van der Waals surface area (Å²) in [6, 6.07) is 4.50. The molecule has 1 aromatic carbocycles. The molecule has 25 heavy (non-hydrogen) atoms. The van der Waals surface area contributed by atoms with Crippen LogP contribution in [0.4, 0.5) is 0 Å². The molecule has 0 spiro atoms. The highest BCUT2D eigenvalue weighted by atomic mass is 16.2. The third-order valence-corrected chi connectivity index (χ3v) is 5.27. The summed E-state index contributed by atoms with van der Waals surface area (Å²) in [7, 11) is 0. The van der Waals surface area contributed by atoms with Crippen LogP contribution in [0.2, 0.25) is 0 Å². The molecule has 3 aliphatic rings. The van der Waals surface area contributed by atoms with Crippen molar-refractivity contribution in [2.75, 3.05) is 13.1 Å². The summed E-state index contributed by atoms with van der Waals surface area (Å²) in [6.45, 7) is 1.88. The number of carbonyl (C=O) groups is 4. The van der Waals surface area contributed by atoms with Gasteiger partial charge in [0.15, 0.2) is 0 Å². The van der Waals surface area contributed by atoms with Gasteiger partial charge in [-0.05, 0) is 56.0 Å². The molecule has 7 nitrogen and oxygen atoms in total. The molecule has 2 saturated heterocycles. The molecule has 2 fully saturated rings. The lowest BCUT2D eigenvalue weighted by atomic mass is 9.88. The highest BCUT2D eigenvalue weighted by Crippen LogP contribution is 2.32. The van der Waals surface area contributed by atoms with E-state index in [0.717, 1.165) is 36.4 Å². The summed E-state index contributed by atoms with van der Waals surface area (Å²) in [6.07, 6.45) is 2.30. The van der Waals surface area contributed by atoms with Crippen molar-refractivity contribution in [2.45, 2.75) is 37.6 Å². The Kier molecular flexibility index (Phi) is 3.88. The molecule has 1 atom stereocenters. The van der Waals surface area contributed by atoms with Gasteiger partial charge in [0.05, 0.1) is 11.1 Å². The van der Waals surface area contributed by atoms with E-state index < -0.39 is 23.8 Å². The van der Waals surface area contributed by atoms with Crippen LogP contribution in [0.3, 0.4) is 0 Å². The number of hydrogen-bond donors (Lipinski definition) is 2.